The fourth-order valence-corrected chi connectivity index (χ4v) is 3.49. The highest BCUT2D eigenvalue weighted by Crippen LogP contribution is 2.28. The van der Waals surface area contributed by atoms with E-state index in [9.17, 15) is 4.79 Å². The quantitative estimate of drug-likeness (QED) is 0.507. The van der Waals surface area contributed by atoms with Crippen LogP contribution in [-0.2, 0) is 6.42 Å². The molecule has 0 bridgehead atoms. The van der Waals surface area contributed by atoms with Gasteiger partial charge in [-0.05, 0) is 17.7 Å². The van der Waals surface area contributed by atoms with E-state index in [4.69, 9.17) is 4.98 Å². The lowest BCUT2D eigenvalue weighted by Gasteiger charge is -2.13. The van der Waals surface area contributed by atoms with E-state index < -0.39 is 0 Å². The van der Waals surface area contributed by atoms with E-state index in [1.54, 1.807) is 17.0 Å². The first-order valence-corrected chi connectivity index (χ1v) is 9.43. The first-order valence-electron chi connectivity index (χ1n) is 9.43. The zero-order valence-electron chi connectivity index (χ0n) is 15.6. The summed E-state index contributed by atoms with van der Waals surface area (Å²) in [5.74, 6) is 0.625. The maximum atomic E-state index is 13.2. The van der Waals surface area contributed by atoms with Crippen molar-refractivity contribution >= 4 is 0 Å². The van der Waals surface area contributed by atoms with Gasteiger partial charge in [-0.25, -0.2) is 4.98 Å². The van der Waals surface area contributed by atoms with Crippen LogP contribution in [0.3, 0.4) is 0 Å². The van der Waals surface area contributed by atoms with E-state index in [0.29, 0.717) is 17.9 Å². The standard InChI is InChI=1S/C24H18N4O/c29-24-20(14-17-8-3-1-4-9-17)27-23-22(18-10-5-2-6-11-18)26-21(16-28(23)24)19-12-7-13-25-15-19/h1-13,15-16,26H,14H2. The smallest absolute Gasteiger partial charge is 0.278 e. The first-order chi connectivity index (χ1) is 14.3. The molecule has 3 aromatic rings. The van der Waals surface area contributed by atoms with Crippen molar-refractivity contribution in [1.29, 1.82) is 0 Å². The van der Waals surface area contributed by atoms with Crippen LogP contribution in [0.15, 0.2) is 96.2 Å². The monoisotopic (exact) mass is 378 g/mol. The first kappa shape index (κ1) is 17.1. The number of imidazole rings is 1. The number of benzene rings is 2. The van der Waals surface area contributed by atoms with Crippen molar-refractivity contribution in [3.05, 3.63) is 113 Å². The van der Waals surface area contributed by atoms with Gasteiger partial charge in [0, 0.05) is 36.1 Å². The third kappa shape index (κ3) is 3.23. The number of fused-ring (bicyclic) bond motifs is 1. The van der Waals surface area contributed by atoms with Gasteiger partial charge in [0.15, 0.2) is 5.82 Å². The minimum absolute atomic E-state index is 0.0971. The molecule has 3 heterocycles. The summed E-state index contributed by atoms with van der Waals surface area (Å²) < 4.78 is 1.64. The molecule has 1 aromatic heterocycles. The van der Waals surface area contributed by atoms with Gasteiger partial charge in [0.1, 0.15) is 5.69 Å². The van der Waals surface area contributed by atoms with Crippen LogP contribution in [0.1, 0.15) is 11.3 Å². The third-order valence-electron chi connectivity index (χ3n) is 4.93. The molecule has 5 heteroatoms. The van der Waals surface area contributed by atoms with Gasteiger partial charge in [-0.15, -0.1) is 0 Å². The van der Waals surface area contributed by atoms with Gasteiger partial charge in [-0.3, -0.25) is 14.3 Å². The SMILES string of the molecule is O=c1c(Cc2ccccc2)nc2c(-c3ccccc3)[nH]c(-c3cccnc3)cn1-2. The molecular weight excluding hydrogens is 360 g/mol. The van der Waals surface area contributed by atoms with Crippen molar-refractivity contribution in [2.75, 3.05) is 0 Å². The van der Waals surface area contributed by atoms with Gasteiger partial charge in [0.25, 0.3) is 5.56 Å². The molecule has 2 aliphatic rings. The van der Waals surface area contributed by atoms with E-state index >= 15 is 0 Å². The molecule has 0 saturated carbocycles. The lowest BCUT2D eigenvalue weighted by atomic mass is 10.1. The average molecular weight is 378 g/mol. The number of H-pyrrole nitrogens is 1. The largest absolute Gasteiger partial charge is 0.350 e. The van der Waals surface area contributed by atoms with Gasteiger partial charge in [0.05, 0.1) is 11.4 Å². The Morgan fingerprint density at radius 1 is 0.862 bits per heavy atom. The second kappa shape index (κ2) is 7.20. The summed E-state index contributed by atoms with van der Waals surface area (Å²) in [5.41, 5.74) is 4.99. The van der Waals surface area contributed by atoms with E-state index in [-0.39, 0.29) is 5.56 Å². The van der Waals surface area contributed by atoms with Crippen LogP contribution in [0, 0.1) is 0 Å². The number of hydrogen-bond donors (Lipinski definition) is 1. The number of aromatic nitrogens is 4. The molecule has 2 aromatic carbocycles. The topological polar surface area (TPSA) is 63.6 Å². The third-order valence-corrected chi connectivity index (χ3v) is 4.93. The maximum absolute atomic E-state index is 13.2. The molecule has 0 unspecified atom stereocenters. The van der Waals surface area contributed by atoms with Crippen molar-refractivity contribution < 1.29 is 0 Å². The summed E-state index contributed by atoms with van der Waals surface area (Å²) in [7, 11) is 0. The predicted octanol–water partition coefficient (Wildman–Crippen LogP) is 4.32. The van der Waals surface area contributed by atoms with Crippen molar-refractivity contribution in [3.63, 3.8) is 0 Å². The Bertz CT molecular complexity index is 1280. The maximum Gasteiger partial charge on any atom is 0.278 e. The fraction of sp³-hybridized carbons (Fsp3) is 0.0417. The highest BCUT2D eigenvalue weighted by Gasteiger charge is 2.21. The second-order valence-electron chi connectivity index (χ2n) is 6.87. The summed E-state index contributed by atoms with van der Waals surface area (Å²) >= 11 is 0. The van der Waals surface area contributed by atoms with Gasteiger partial charge >= 0.3 is 0 Å². The summed E-state index contributed by atoms with van der Waals surface area (Å²) in [5, 5.41) is 0. The normalized spacial score (nSPS) is 11.0. The summed E-state index contributed by atoms with van der Waals surface area (Å²) in [6, 6.07) is 23.7. The Morgan fingerprint density at radius 2 is 1.59 bits per heavy atom. The molecule has 0 aliphatic carbocycles. The van der Waals surface area contributed by atoms with E-state index in [1.807, 2.05) is 79.0 Å². The van der Waals surface area contributed by atoms with Crippen LogP contribution >= 0.6 is 0 Å². The van der Waals surface area contributed by atoms with Crippen LogP contribution in [0.25, 0.3) is 28.3 Å². The Kier molecular flexibility index (Phi) is 4.26. The van der Waals surface area contributed by atoms with Gasteiger partial charge < -0.3 is 4.98 Å². The molecule has 140 valence electrons. The summed E-state index contributed by atoms with van der Waals surface area (Å²) in [6.07, 6.45) is 5.81. The summed E-state index contributed by atoms with van der Waals surface area (Å²) in [4.78, 5) is 25.6. The van der Waals surface area contributed by atoms with Crippen LogP contribution in [0.2, 0.25) is 0 Å². The Morgan fingerprint density at radius 3 is 2.31 bits per heavy atom. The van der Waals surface area contributed by atoms with Crippen LogP contribution in [-0.4, -0.2) is 19.5 Å². The lowest BCUT2D eigenvalue weighted by molar-refractivity contribution is 0.975. The number of nitrogens with zero attached hydrogens (tertiary/aromatic N) is 3. The van der Waals surface area contributed by atoms with E-state index in [2.05, 4.69) is 9.97 Å². The van der Waals surface area contributed by atoms with Gasteiger partial charge in [0.2, 0.25) is 0 Å². The van der Waals surface area contributed by atoms with Crippen molar-refractivity contribution in [1.82, 2.24) is 19.5 Å². The molecule has 2 aliphatic heterocycles. The van der Waals surface area contributed by atoms with Crippen LogP contribution in [0.5, 0.6) is 0 Å². The van der Waals surface area contributed by atoms with Crippen LogP contribution in [0.4, 0.5) is 0 Å². The minimum Gasteiger partial charge on any atom is -0.350 e. The van der Waals surface area contributed by atoms with Crippen molar-refractivity contribution in [2.45, 2.75) is 6.42 Å². The number of aromatic amines is 1. The highest BCUT2D eigenvalue weighted by atomic mass is 16.1. The molecule has 0 spiro atoms. The minimum atomic E-state index is -0.0971. The zero-order valence-corrected chi connectivity index (χ0v) is 15.6. The van der Waals surface area contributed by atoms with E-state index in [1.165, 1.54) is 0 Å². The number of pyridine rings is 1. The van der Waals surface area contributed by atoms with Crippen LogP contribution < -0.4 is 5.56 Å². The average Bonchev–Trinajstić information content (AvgIpc) is 3.10. The van der Waals surface area contributed by atoms with Crippen molar-refractivity contribution in [3.8, 4) is 28.3 Å². The number of hydrogen-bond acceptors (Lipinski definition) is 3. The molecule has 0 atom stereocenters. The fourth-order valence-electron chi connectivity index (χ4n) is 3.49. The Hall–Kier alpha value is -3.99. The van der Waals surface area contributed by atoms with Gasteiger partial charge in [-0.2, -0.15) is 0 Å². The second-order valence-corrected chi connectivity index (χ2v) is 6.87. The molecule has 0 radical (unpaired) electrons. The molecule has 0 amide bonds. The number of rotatable bonds is 4. The highest BCUT2D eigenvalue weighted by molar-refractivity contribution is 5.71. The van der Waals surface area contributed by atoms with Crippen molar-refractivity contribution in [2.24, 2.45) is 0 Å². The molecule has 5 rings (SSSR count). The Balaban J connectivity index is 1.73. The molecule has 0 fully saturated rings. The molecule has 0 saturated heterocycles. The molecule has 29 heavy (non-hydrogen) atoms. The molecular formula is C24H18N4O. The zero-order chi connectivity index (χ0) is 19.6. The van der Waals surface area contributed by atoms with E-state index in [0.717, 1.165) is 28.1 Å². The van der Waals surface area contributed by atoms with Gasteiger partial charge in [-0.1, -0.05) is 60.7 Å². The molecule has 1 N–H and O–H groups in total. The number of nitrogens with one attached hydrogen (secondary N) is 1. The predicted molar refractivity (Wildman–Crippen MR) is 113 cm³/mol. The lowest BCUT2D eigenvalue weighted by Crippen LogP contribution is -2.16. The molecule has 5 nitrogen and oxygen atoms in total. The summed E-state index contributed by atoms with van der Waals surface area (Å²) in [6.45, 7) is 0. The Labute approximate surface area is 167 Å².